The van der Waals surface area contributed by atoms with Gasteiger partial charge in [-0.25, -0.2) is 23.2 Å². The van der Waals surface area contributed by atoms with E-state index in [0.29, 0.717) is 25.2 Å². The Balaban J connectivity index is 1.99. The molecule has 1 fully saturated rings. The van der Waals surface area contributed by atoms with Gasteiger partial charge in [0.25, 0.3) is 0 Å². The summed E-state index contributed by atoms with van der Waals surface area (Å²) < 4.78 is 30.1. The molecule has 0 bridgehead atoms. The molecule has 0 unspecified atom stereocenters. The van der Waals surface area contributed by atoms with Gasteiger partial charge in [-0.15, -0.1) is 0 Å². The largest absolute Gasteiger partial charge is 0.444 e. The summed E-state index contributed by atoms with van der Waals surface area (Å²) in [6, 6.07) is 1.65. The van der Waals surface area contributed by atoms with Crippen molar-refractivity contribution in [2.75, 3.05) is 18.8 Å². The highest BCUT2D eigenvalue weighted by Gasteiger charge is 2.33. The average Bonchev–Trinajstić information content (AvgIpc) is 2.84. The van der Waals surface area contributed by atoms with Gasteiger partial charge < -0.3 is 9.64 Å². The minimum absolute atomic E-state index is 0.0598. The third kappa shape index (κ3) is 4.89. The van der Waals surface area contributed by atoms with Gasteiger partial charge in [0.05, 0.1) is 5.75 Å². The van der Waals surface area contributed by atoms with E-state index in [1.165, 1.54) is 6.20 Å². The standard InChI is InChI=1S/C15H23N3O4S/c1-11-5-7-16-13(17-11)23(20,21)10-12-6-8-18(9-12)14(19)22-15(2,3)4/h5,7,12H,6,8-10H2,1-4H3/t12-/m0/s1. The van der Waals surface area contributed by atoms with Gasteiger partial charge in [0.15, 0.2) is 0 Å². The van der Waals surface area contributed by atoms with Crippen LogP contribution in [0.25, 0.3) is 0 Å². The lowest BCUT2D eigenvalue weighted by Crippen LogP contribution is -2.35. The first-order valence-corrected chi connectivity index (χ1v) is 9.22. The zero-order chi connectivity index (χ0) is 17.3. The highest BCUT2D eigenvalue weighted by Crippen LogP contribution is 2.22. The Morgan fingerprint density at radius 1 is 1.43 bits per heavy atom. The van der Waals surface area contributed by atoms with E-state index in [2.05, 4.69) is 9.97 Å². The maximum absolute atomic E-state index is 12.4. The molecular formula is C15H23N3O4S. The lowest BCUT2D eigenvalue weighted by atomic mass is 10.2. The van der Waals surface area contributed by atoms with Crippen LogP contribution in [-0.4, -0.2) is 53.8 Å². The number of ether oxygens (including phenoxy) is 1. The SMILES string of the molecule is Cc1ccnc(S(=O)(=O)C[C@H]2CCN(C(=O)OC(C)(C)C)C2)n1. The number of sulfone groups is 1. The molecule has 2 rings (SSSR count). The Morgan fingerprint density at radius 2 is 2.13 bits per heavy atom. The first kappa shape index (κ1) is 17.7. The van der Waals surface area contributed by atoms with Crippen LogP contribution in [0.1, 0.15) is 32.9 Å². The predicted molar refractivity (Wildman–Crippen MR) is 84.7 cm³/mol. The zero-order valence-electron chi connectivity index (χ0n) is 13.9. The normalized spacial score (nSPS) is 19.0. The predicted octanol–water partition coefficient (Wildman–Crippen LogP) is 1.82. The van der Waals surface area contributed by atoms with E-state index >= 15 is 0 Å². The van der Waals surface area contributed by atoms with E-state index in [1.807, 2.05) is 0 Å². The third-order valence-corrected chi connectivity index (χ3v) is 5.11. The molecule has 1 aromatic heterocycles. The maximum atomic E-state index is 12.4. The quantitative estimate of drug-likeness (QED) is 0.779. The highest BCUT2D eigenvalue weighted by atomic mass is 32.2. The van der Waals surface area contributed by atoms with Gasteiger partial charge in [0.1, 0.15) is 5.60 Å². The number of hydrogen-bond donors (Lipinski definition) is 0. The molecule has 1 aliphatic rings. The number of likely N-dealkylation sites (tertiary alicyclic amines) is 1. The molecule has 0 N–H and O–H groups in total. The summed E-state index contributed by atoms with van der Waals surface area (Å²) in [5, 5.41) is -0.145. The molecule has 2 heterocycles. The Kier molecular flexibility index (Phi) is 4.93. The van der Waals surface area contributed by atoms with Crippen LogP contribution in [0.2, 0.25) is 0 Å². The molecule has 1 saturated heterocycles. The molecule has 0 aliphatic carbocycles. The molecule has 1 aliphatic heterocycles. The van der Waals surface area contributed by atoms with Gasteiger partial charge >= 0.3 is 6.09 Å². The van der Waals surface area contributed by atoms with Crippen molar-refractivity contribution < 1.29 is 17.9 Å². The number of hydrogen-bond acceptors (Lipinski definition) is 6. The number of nitrogens with zero attached hydrogens (tertiary/aromatic N) is 3. The van der Waals surface area contributed by atoms with Crippen LogP contribution < -0.4 is 0 Å². The number of rotatable bonds is 3. The van der Waals surface area contributed by atoms with Crippen LogP contribution in [0, 0.1) is 12.8 Å². The molecule has 7 nitrogen and oxygen atoms in total. The maximum Gasteiger partial charge on any atom is 0.410 e. The van der Waals surface area contributed by atoms with Crippen molar-refractivity contribution in [3.63, 3.8) is 0 Å². The molecule has 1 amide bonds. The van der Waals surface area contributed by atoms with Crippen LogP contribution in [-0.2, 0) is 14.6 Å². The fourth-order valence-corrected chi connectivity index (χ4v) is 3.97. The smallest absolute Gasteiger partial charge is 0.410 e. The van der Waals surface area contributed by atoms with Crippen molar-refractivity contribution in [1.29, 1.82) is 0 Å². The highest BCUT2D eigenvalue weighted by molar-refractivity contribution is 7.91. The van der Waals surface area contributed by atoms with E-state index in [9.17, 15) is 13.2 Å². The van der Waals surface area contributed by atoms with Crippen LogP contribution in [0.5, 0.6) is 0 Å². The lowest BCUT2D eigenvalue weighted by molar-refractivity contribution is 0.0289. The molecule has 0 aromatic carbocycles. The number of carbonyl (C=O) groups is 1. The Bertz CT molecular complexity index is 682. The van der Waals surface area contributed by atoms with E-state index in [1.54, 1.807) is 38.7 Å². The number of aromatic nitrogens is 2. The second kappa shape index (κ2) is 6.43. The monoisotopic (exact) mass is 341 g/mol. The fraction of sp³-hybridized carbons (Fsp3) is 0.667. The van der Waals surface area contributed by atoms with Gasteiger partial charge in [-0.05, 0) is 46.1 Å². The minimum atomic E-state index is -3.55. The van der Waals surface area contributed by atoms with E-state index in [4.69, 9.17) is 4.74 Å². The zero-order valence-corrected chi connectivity index (χ0v) is 14.8. The average molecular weight is 341 g/mol. The summed E-state index contributed by atoms with van der Waals surface area (Å²) in [6.07, 6.45) is 1.67. The molecule has 0 spiro atoms. The Morgan fingerprint density at radius 3 is 2.74 bits per heavy atom. The number of amides is 1. The Hall–Kier alpha value is -1.70. The summed E-state index contributed by atoms with van der Waals surface area (Å²) in [5.41, 5.74) is 0.0526. The second-order valence-electron chi connectivity index (χ2n) is 6.84. The van der Waals surface area contributed by atoms with Crippen molar-refractivity contribution in [2.45, 2.75) is 44.9 Å². The second-order valence-corrected chi connectivity index (χ2v) is 8.77. The summed E-state index contributed by atoms with van der Waals surface area (Å²) in [5.74, 6) is -0.188. The van der Waals surface area contributed by atoms with Crippen LogP contribution in [0.15, 0.2) is 17.4 Å². The Labute approximate surface area is 137 Å². The van der Waals surface area contributed by atoms with E-state index in [0.717, 1.165) is 0 Å². The van der Waals surface area contributed by atoms with E-state index in [-0.39, 0.29) is 16.8 Å². The van der Waals surface area contributed by atoms with Gasteiger partial charge in [-0.3, -0.25) is 0 Å². The molecule has 23 heavy (non-hydrogen) atoms. The molecule has 1 atom stereocenters. The van der Waals surface area contributed by atoms with Crippen molar-refractivity contribution in [3.8, 4) is 0 Å². The first-order valence-electron chi connectivity index (χ1n) is 7.57. The van der Waals surface area contributed by atoms with Gasteiger partial charge in [0.2, 0.25) is 15.0 Å². The molecule has 1 aromatic rings. The summed E-state index contributed by atoms with van der Waals surface area (Å²) >= 11 is 0. The van der Waals surface area contributed by atoms with Gasteiger partial charge in [-0.2, -0.15) is 0 Å². The number of carbonyl (C=O) groups excluding carboxylic acids is 1. The van der Waals surface area contributed by atoms with Gasteiger partial charge in [0, 0.05) is 25.0 Å². The fourth-order valence-electron chi connectivity index (χ4n) is 2.42. The van der Waals surface area contributed by atoms with Crippen LogP contribution >= 0.6 is 0 Å². The first-order chi connectivity index (χ1) is 10.6. The van der Waals surface area contributed by atoms with Crippen molar-refractivity contribution in [1.82, 2.24) is 14.9 Å². The third-order valence-electron chi connectivity index (χ3n) is 3.44. The summed E-state index contributed by atoms with van der Waals surface area (Å²) in [7, 11) is -3.55. The molecular weight excluding hydrogens is 318 g/mol. The van der Waals surface area contributed by atoms with Crippen molar-refractivity contribution >= 4 is 15.9 Å². The molecule has 0 radical (unpaired) electrons. The van der Waals surface area contributed by atoms with Gasteiger partial charge in [-0.1, -0.05) is 0 Å². The lowest BCUT2D eigenvalue weighted by Gasteiger charge is -2.24. The van der Waals surface area contributed by atoms with Crippen LogP contribution in [0.4, 0.5) is 4.79 Å². The van der Waals surface area contributed by atoms with E-state index < -0.39 is 21.5 Å². The molecule has 0 saturated carbocycles. The van der Waals surface area contributed by atoms with Crippen molar-refractivity contribution in [2.24, 2.45) is 5.92 Å². The molecule has 128 valence electrons. The summed E-state index contributed by atoms with van der Waals surface area (Å²) in [6.45, 7) is 8.01. The van der Waals surface area contributed by atoms with Crippen molar-refractivity contribution in [3.05, 3.63) is 18.0 Å². The topological polar surface area (TPSA) is 89.5 Å². The minimum Gasteiger partial charge on any atom is -0.444 e. The summed E-state index contributed by atoms with van der Waals surface area (Å²) in [4.78, 5) is 21.4. The number of aryl methyl sites for hydroxylation is 1. The molecule has 8 heteroatoms. The van der Waals surface area contributed by atoms with Crippen LogP contribution in [0.3, 0.4) is 0 Å².